The second-order valence-electron chi connectivity index (χ2n) is 11.5. The summed E-state index contributed by atoms with van der Waals surface area (Å²) < 4.78 is 78.0. The van der Waals surface area contributed by atoms with E-state index in [-0.39, 0.29) is 35.6 Å². The summed E-state index contributed by atoms with van der Waals surface area (Å²) in [6.07, 6.45) is -2.60. The highest BCUT2D eigenvalue weighted by Gasteiger charge is 2.53. The SMILES string of the molecule is CCCc1cc2oc(-c3ccc(F)cc3)c(C(=O)NC)c2cc1-c1ccc(F)c(C(=O)NC2(c3ncccn3)CC(OC(F)(F)F)C2)c1. The van der Waals surface area contributed by atoms with Gasteiger partial charge in [-0.3, -0.25) is 14.3 Å². The van der Waals surface area contributed by atoms with Crippen molar-refractivity contribution in [3.05, 3.63) is 107 Å². The molecule has 2 N–H and O–H groups in total. The zero-order chi connectivity index (χ0) is 34.2. The number of halogens is 5. The summed E-state index contributed by atoms with van der Waals surface area (Å²) in [4.78, 5) is 35.1. The van der Waals surface area contributed by atoms with Gasteiger partial charge < -0.3 is 15.1 Å². The Morgan fingerprint density at radius 1 is 0.979 bits per heavy atom. The minimum atomic E-state index is -4.87. The third-order valence-corrected chi connectivity index (χ3v) is 8.31. The Hall–Kier alpha value is -5.17. The van der Waals surface area contributed by atoms with Crippen molar-refractivity contribution >= 4 is 22.8 Å². The number of ether oxygens (including phenoxy) is 1. The Morgan fingerprint density at radius 3 is 2.31 bits per heavy atom. The smallest absolute Gasteiger partial charge is 0.455 e. The Balaban J connectivity index is 1.41. The topological polar surface area (TPSA) is 106 Å². The first kappa shape index (κ1) is 32.8. The van der Waals surface area contributed by atoms with Gasteiger partial charge in [-0.25, -0.2) is 18.7 Å². The Kier molecular flexibility index (Phi) is 8.73. The van der Waals surface area contributed by atoms with Crippen molar-refractivity contribution in [1.29, 1.82) is 0 Å². The van der Waals surface area contributed by atoms with E-state index in [0.717, 1.165) is 18.1 Å². The second kappa shape index (κ2) is 12.8. The predicted octanol–water partition coefficient (Wildman–Crippen LogP) is 7.47. The highest BCUT2D eigenvalue weighted by atomic mass is 19.4. The predicted molar refractivity (Wildman–Crippen MR) is 166 cm³/mol. The van der Waals surface area contributed by atoms with Crippen molar-refractivity contribution in [3.63, 3.8) is 0 Å². The van der Waals surface area contributed by atoms with E-state index in [0.29, 0.717) is 34.1 Å². The van der Waals surface area contributed by atoms with Crippen molar-refractivity contribution in [1.82, 2.24) is 20.6 Å². The van der Waals surface area contributed by atoms with Crippen LogP contribution in [0.5, 0.6) is 0 Å². The summed E-state index contributed by atoms with van der Waals surface area (Å²) in [5.74, 6) is -2.31. The molecule has 6 rings (SSSR count). The zero-order valence-corrected chi connectivity index (χ0v) is 25.8. The number of aryl methyl sites for hydroxylation is 1. The lowest BCUT2D eigenvalue weighted by molar-refractivity contribution is -0.356. The first-order valence-corrected chi connectivity index (χ1v) is 15.1. The number of fused-ring (bicyclic) bond motifs is 1. The molecule has 1 aliphatic carbocycles. The second-order valence-corrected chi connectivity index (χ2v) is 11.5. The van der Waals surface area contributed by atoms with Gasteiger partial charge in [-0.15, -0.1) is 13.2 Å². The number of alkyl halides is 3. The van der Waals surface area contributed by atoms with Crippen molar-refractivity contribution in [2.24, 2.45) is 0 Å². The molecule has 0 unspecified atom stereocenters. The highest BCUT2D eigenvalue weighted by Crippen LogP contribution is 2.44. The number of amides is 2. The molecular weight excluding hydrogens is 635 g/mol. The van der Waals surface area contributed by atoms with Crippen LogP contribution in [0.4, 0.5) is 22.0 Å². The fourth-order valence-corrected chi connectivity index (χ4v) is 6.11. The molecule has 0 spiro atoms. The number of carbonyl (C=O) groups excluding carboxylic acids is 2. The summed E-state index contributed by atoms with van der Waals surface area (Å²) in [6.45, 7) is 1.97. The van der Waals surface area contributed by atoms with Gasteiger partial charge in [0.15, 0.2) is 5.82 Å². The molecule has 0 aliphatic heterocycles. The zero-order valence-electron chi connectivity index (χ0n) is 25.8. The first-order chi connectivity index (χ1) is 22.9. The number of aromatic nitrogens is 2. The molecule has 48 heavy (non-hydrogen) atoms. The van der Waals surface area contributed by atoms with Crippen LogP contribution in [0.2, 0.25) is 0 Å². The Morgan fingerprint density at radius 2 is 1.67 bits per heavy atom. The number of hydrogen-bond donors (Lipinski definition) is 2. The van der Waals surface area contributed by atoms with Gasteiger partial charge in [0.05, 0.1) is 17.2 Å². The molecule has 8 nitrogen and oxygen atoms in total. The molecule has 0 radical (unpaired) electrons. The van der Waals surface area contributed by atoms with Crippen molar-refractivity contribution in [2.75, 3.05) is 7.05 Å². The van der Waals surface area contributed by atoms with Gasteiger partial charge in [-0.05, 0) is 77.7 Å². The maximum Gasteiger partial charge on any atom is 0.522 e. The van der Waals surface area contributed by atoms with Gasteiger partial charge >= 0.3 is 6.36 Å². The van der Waals surface area contributed by atoms with Crippen LogP contribution in [-0.2, 0) is 16.7 Å². The molecule has 2 heterocycles. The monoisotopic (exact) mass is 664 g/mol. The lowest BCUT2D eigenvalue weighted by Crippen LogP contribution is -2.59. The van der Waals surface area contributed by atoms with Crippen LogP contribution in [0.25, 0.3) is 33.4 Å². The molecule has 1 fully saturated rings. The van der Waals surface area contributed by atoms with E-state index in [9.17, 15) is 27.2 Å². The van der Waals surface area contributed by atoms with Gasteiger partial charge in [-0.2, -0.15) is 0 Å². The maximum absolute atomic E-state index is 15.3. The van der Waals surface area contributed by atoms with E-state index >= 15 is 4.39 Å². The molecule has 2 amide bonds. The first-order valence-electron chi connectivity index (χ1n) is 15.1. The standard InChI is InChI=1S/C35H29F5N4O4/c1-3-5-20-15-28-26(29(32(46)41-2)30(47-28)19-6-9-22(36)10-7-19)16-24(20)21-8-11-27(37)25(14-21)31(45)44-34(33-42-12-4-13-43-33)17-23(18-34)48-35(38,39)40/h4,6-16,23H,3,5,17-18H2,1-2H3,(H,41,46)(H,44,45). The Labute approximate surface area is 271 Å². The van der Waals surface area contributed by atoms with Crippen molar-refractivity contribution in [3.8, 4) is 22.5 Å². The van der Waals surface area contributed by atoms with Crippen LogP contribution in [0.1, 0.15) is 58.3 Å². The molecule has 2 aromatic heterocycles. The summed E-state index contributed by atoms with van der Waals surface area (Å²) in [5.41, 5.74) is 1.20. The van der Waals surface area contributed by atoms with Gasteiger partial charge in [0.25, 0.3) is 11.8 Å². The van der Waals surface area contributed by atoms with Crippen molar-refractivity contribution < 1.29 is 40.7 Å². The van der Waals surface area contributed by atoms with Crippen LogP contribution in [0, 0.1) is 11.6 Å². The molecule has 13 heteroatoms. The number of hydrogen-bond acceptors (Lipinski definition) is 6. The minimum absolute atomic E-state index is 0.0752. The summed E-state index contributed by atoms with van der Waals surface area (Å²) in [5, 5.41) is 5.74. The average Bonchev–Trinajstić information content (AvgIpc) is 3.41. The van der Waals surface area contributed by atoms with Crippen LogP contribution in [0.15, 0.2) is 77.5 Å². The third kappa shape index (κ3) is 6.37. The van der Waals surface area contributed by atoms with Gasteiger partial charge in [0, 0.05) is 43.2 Å². The van der Waals surface area contributed by atoms with Crippen LogP contribution in [-0.4, -0.2) is 41.3 Å². The Bertz CT molecular complexity index is 1990. The number of rotatable bonds is 9. The average molecular weight is 665 g/mol. The largest absolute Gasteiger partial charge is 0.522 e. The van der Waals surface area contributed by atoms with Gasteiger partial charge in [0.1, 0.15) is 28.5 Å². The van der Waals surface area contributed by atoms with Crippen LogP contribution < -0.4 is 10.6 Å². The fourth-order valence-electron chi connectivity index (χ4n) is 6.11. The number of benzene rings is 3. The van der Waals surface area contributed by atoms with Crippen LogP contribution in [0.3, 0.4) is 0 Å². The highest BCUT2D eigenvalue weighted by molar-refractivity contribution is 6.12. The minimum Gasteiger partial charge on any atom is -0.455 e. The molecule has 0 bridgehead atoms. The van der Waals surface area contributed by atoms with E-state index in [2.05, 4.69) is 25.3 Å². The van der Waals surface area contributed by atoms with Crippen LogP contribution >= 0.6 is 0 Å². The molecule has 1 saturated carbocycles. The van der Waals surface area contributed by atoms with E-state index in [1.807, 2.05) is 6.92 Å². The number of carbonyl (C=O) groups is 2. The molecule has 248 valence electrons. The third-order valence-electron chi connectivity index (χ3n) is 8.31. The molecule has 1 aliphatic rings. The van der Waals surface area contributed by atoms with Gasteiger partial charge in [0.2, 0.25) is 0 Å². The van der Waals surface area contributed by atoms with E-state index in [1.54, 1.807) is 12.1 Å². The molecule has 0 saturated heterocycles. The lowest BCUT2D eigenvalue weighted by Gasteiger charge is -2.46. The van der Waals surface area contributed by atoms with E-state index in [1.165, 1.54) is 61.9 Å². The van der Waals surface area contributed by atoms with E-state index < -0.39 is 41.5 Å². The lowest BCUT2D eigenvalue weighted by atomic mass is 9.73. The van der Waals surface area contributed by atoms with E-state index in [4.69, 9.17) is 4.42 Å². The molecular formula is C35H29F5N4O4. The number of furan rings is 1. The maximum atomic E-state index is 15.3. The summed E-state index contributed by atoms with van der Waals surface area (Å²) in [7, 11) is 1.47. The summed E-state index contributed by atoms with van der Waals surface area (Å²) >= 11 is 0. The van der Waals surface area contributed by atoms with Gasteiger partial charge in [-0.1, -0.05) is 19.4 Å². The quantitative estimate of drug-likeness (QED) is 0.158. The number of nitrogens with one attached hydrogen (secondary N) is 2. The molecule has 5 aromatic rings. The molecule has 0 atom stereocenters. The number of nitrogens with zero attached hydrogens (tertiary/aromatic N) is 2. The normalized spacial score (nSPS) is 17.6. The summed E-state index contributed by atoms with van der Waals surface area (Å²) in [6, 6.07) is 14.6. The fraction of sp³-hybridized carbons (Fsp3) is 0.257. The van der Waals surface area contributed by atoms with Crippen molar-refractivity contribution in [2.45, 2.75) is 50.6 Å². The molecule has 3 aromatic carbocycles.